The number of aryl methyl sites for hydroxylation is 1. The first-order valence-corrected chi connectivity index (χ1v) is 7.08. The van der Waals surface area contributed by atoms with Crippen LogP contribution in [0.5, 0.6) is 0 Å². The first kappa shape index (κ1) is 15.9. The summed E-state index contributed by atoms with van der Waals surface area (Å²) in [5.74, 6) is -1.41. The molecule has 0 aliphatic carbocycles. The molecule has 0 fully saturated rings. The topological polar surface area (TPSA) is 88.3 Å². The van der Waals surface area contributed by atoms with Crippen LogP contribution in [0.4, 0.5) is 0 Å². The molecule has 2 aromatic heterocycles. The van der Waals surface area contributed by atoms with Gasteiger partial charge in [-0.25, -0.2) is 14.5 Å². The Morgan fingerprint density at radius 1 is 1.32 bits per heavy atom. The minimum Gasteiger partial charge on any atom is -0.480 e. The maximum atomic E-state index is 12.5. The van der Waals surface area contributed by atoms with Gasteiger partial charge >= 0.3 is 5.97 Å². The van der Waals surface area contributed by atoms with E-state index in [1.54, 1.807) is 23.9 Å². The molecule has 1 N–H and O–H groups in total. The molecule has 1 unspecified atom stereocenters. The highest BCUT2D eigenvalue weighted by atomic mass is 16.4. The second-order valence-corrected chi connectivity index (χ2v) is 5.65. The zero-order chi connectivity index (χ0) is 16.6. The van der Waals surface area contributed by atoms with Crippen LogP contribution in [0.15, 0.2) is 12.3 Å². The lowest BCUT2D eigenvalue weighted by atomic mass is 10.1. The van der Waals surface area contributed by atoms with Crippen molar-refractivity contribution in [3.05, 3.63) is 23.5 Å². The molecule has 2 aromatic rings. The second kappa shape index (κ2) is 5.75. The standard InChI is InChI=1S/C15H20N4O3/c1-8(2)19-13-11(7-16-19)6-12(9(3)17-13)14(20)18(5)10(4)15(21)22/h6-8,10H,1-5H3,(H,21,22). The zero-order valence-electron chi connectivity index (χ0n) is 13.4. The van der Waals surface area contributed by atoms with Gasteiger partial charge in [-0.3, -0.25) is 4.79 Å². The minimum atomic E-state index is -1.05. The lowest BCUT2D eigenvalue weighted by Crippen LogP contribution is -2.40. The van der Waals surface area contributed by atoms with Gasteiger partial charge in [-0.15, -0.1) is 0 Å². The SMILES string of the molecule is Cc1nc2c(cnn2C(C)C)cc1C(=O)N(C)C(C)C(=O)O. The van der Waals surface area contributed by atoms with Crippen LogP contribution in [0.25, 0.3) is 11.0 Å². The van der Waals surface area contributed by atoms with Crippen molar-refractivity contribution < 1.29 is 14.7 Å². The number of carbonyl (C=O) groups excluding carboxylic acids is 1. The number of aromatic nitrogens is 3. The third-order valence-electron chi connectivity index (χ3n) is 3.74. The Labute approximate surface area is 128 Å². The smallest absolute Gasteiger partial charge is 0.326 e. The van der Waals surface area contributed by atoms with Crippen LogP contribution in [-0.2, 0) is 4.79 Å². The molecule has 0 aliphatic heterocycles. The van der Waals surface area contributed by atoms with Crippen molar-refractivity contribution in [2.75, 3.05) is 7.05 Å². The highest BCUT2D eigenvalue weighted by molar-refractivity contribution is 5.99. The average Bonchev–Trinajstić information content (AvgIpc) is 2.86. The van der Waals surface area contributed by atoms with Gasteiger partial charge in [-0.05, 0) is 33.8 Å². The van der Waals surface area contributed by atoms with E-state index in [1.807, 2.05) is 13.8 Å². The fourth-order valence-corrected chi connectivity index (χ4v) is 2.19. The Kier molecular flexibility index (Phi) is 4.16. The highest BCUT2D eigenvalue weighted by Crippen LogP contribution is 2.20. The molecule has 0 saturated carbocycles. The number of hydrogen-bond donors (Lipinski definition) is 1. The molecule has 0 spiro atoms. The Morgan fingerprint density at radius 2 is 1.95 bits per heavy atom. The van der Waals surface area contributed by atoms with Crippen LogP contribution in [0, 0.1) is 6.92 Å². The van der Waals surface area contributed by atoms with Crippen LogP contribution in [0.1, 0.15) is 42.9 Å². The maximum absolute atomic E-state index is 12.5. The van der Waals surface area contributed by atoms with E-state index in [0.717, 1.165) is 11.0 Å². The van der Waals surface area contributed by atoms with Crippen molar-refractivity contribution in [1.82, 2.24) is 19.7 Å². The third kappa shape index (κ3) is 2.66. The minimum absolute atomic E-state index is 0.167. The first-order chi connectivity index (χ1) is 10.2. The normalized spacial score (nSPS) is 12.6. The van der Waals surface area contributed by atoms with Gasteiger partial charge in [0.2, 0.25) is 0 Å². The quantitative estimate of drug-likeness (QED) is 0.931. The first-order valence-electron chi connectivity index (χ1n) is 7.08. The molecule has 1 atom stereocenters. The Balaban J connectivity index is 2.46. The molecule has 22 heavy (non-hydrogen) atoms. The number of pyridine rings is 1. The molecule has 2 rings (SSSR count). The number of aliphatic carboxylic acids is 1. The molecule has 118 valence electrons. The number of carboxylic acids is 1. The molecule has 0 radical (unpaired) electrons. The fraction of sp³-hybridized carbons (Fsp3) is 0.467. The van der Waals surface area contributed by atoms with E-state index < -0.39 is 12.0 Å². The summed E-state index contributed by atoms with van der Waals surface area (Å²) in [4.78, 5) is 29.2. The van der Waals surface area contributed by atoms with E-state index in [1.165, 1.54) is 18.9 Å². The van der Waals surface area contributed by atoms with Gasteiger partial charge in [-0.1, -0.05) is 0 Å². The predicted octanol–water partition coefficient (Wildman–Crippen LogP) is 1.87. The Hall–Kier alpha value is -2.44. The number of carbonyl (C=O) groups is 2. The number of likely N-dealkylation sites (N-methyl/N-ethyl adjacent to an activating group) is 1. The highest BCUT2D eigenvalue weighted by Gasteiger charge is 2.25. The van der Waals surface area contributed by atoms with E-state index in [2.05, 4.69) is 10.1 Å². The van der Waals surface area contributed by atoms with Crippen LogP contribution >= 0.6 is 0 Å². The van der Waals surface area contributed by atoms with Crippen LogP contribution in [0.3, 0.4) is 0 Å². The fourth-order valence-electron chi connectivity index (χ4n) is 2.19. The van der Waals surface area contributed by atoms with Crippen LogP contribution in [0.2, 0.25) is 0 Å². The Bertz CT molecular complexity index is 736. The van der Waals surface area contributed by atoms with E-state index in [-0.39, 0.29) is 11.9 Å². The van der Waals surface area contributed by atoms with Gasteiger partial charge in [0.25, 0.3) is 5.91 Å². The summed E-state index contributed by atoms with van der Waals surface area (Å²) in [5.41, 5.74) is 1.67. The number of rotatable bonds is 4. The molecule has 2 heterocycles. The van der Waals surface area contributed by atoms with Crippen LogP contribution in [-0.4, -0.2) is 49.7 Å². The van der Waals surface area contributed by atoms with Gasteiger partial charge in [-0.2, -0.15) is 5.10 Å². The number of nitrogens with zero attached hydrogens (tertiary/aromatic N) is 4. The predicted molar refractivity (Wildman–Crippen MR) is 81.8 cm³/mol. The summed E-state index contributed by atoms with van der Waals surface area (Å²) >= 11 is 0. The lowest BCUT2D eigenvalue weighted by molar-refractivity contribution is -0.141. The molecule has 1 amide bonds. The van der Waals surface area contributed by atoms with E-state index in [9.17, 15) is 9.59 Å². The molecule has 7 nitrogen and oxygen atoms in total. The van der Waals surface area contributed by atoms with Crippen molar-refractivity contribution in [2.24, 2.45) is 0 Å². The van der Waals surface area contributed by atoms with E-state index >= 15 is 0 Å². The summed E-state index contributed by atoms with van der Waals surface area (Å²) in [6.45, 7) is 7.22. The number of amides is 1. The van der Waals surface area contributed by atoms with Gasteiger partial charge in [0.1, 0.15) is 6.04 Å². The molecular weight excluding hydrogens is 284 g/mol. The van der Waals surface area contributed by atoms with Crippen molar-refractivity contribution in [2.45, 2.75) is 39.8 Å². The molecule has 0 saturated heterocycles. The van der Waals surface area contributed by atoms with E-state index in [4.69, 9.17) is 5.11 Å². The lowest BCUT2D eigenvalue weighted by Gasteiger charge is -2.22. The molecule has 7 heteroatoms. The number of carboxylic acid groups (broad SMARTS) is 1. The van der Waals surface area contributed by atoms with Gasteiger partial charge in [0.15, 0.2) is 5.65 Å². The summed E-state index contributed by atoms with van der Waals surface area (Å²) in [5, 5.41) is 14.1. The average molecular weight is 304 g/mol. The third-order valence-corrected chi connectivity index (χ3v) is 3.74. The summed E-state index contributed by atoms with van der Waals surface area (Å²) in [7, 11) is 1.47. The van der Waals surface area contributed by atoms with Gasteiger partial charge < -0.3 is 10.0 Å². The summed E-state index contributed by atoms with van der Waals surface area (Å²) < 4.78 is 1.79. The Morgan fingerprint density at radius 3 is 2.50 bits per heavy atom. The molecule has 0 bridgehead atoms. The number of hydrogen-bond acceptors (Lipinski definition) is 4. The second-order valence-electron chi connectivity index (χ2n) is 5.65. The summed E-state index contributed by atoms with van der Waals surface area (Å²) in [6, 6.07) is 0.985. The monoisotopic (exact) mass is 304 g/mol. The van der Waals surface area contributed by atoms with Gasteiger partial charge in [0, 0.05) is 18.5 Å². The zero-order valence-corrected chi connectivity index (χ0v) is 13.4. The van der Waals surface area contributed by atoms with Crippen molar-refractivity contribution in [1.29, 1.82) is 0 Å². The maximum Gasteiger partial charge on any atom is 0.326 e. The molecule has 0 aromatic carbocycles. The molecular formula is C15H20N4O3. The van der Waals surface area contributed by atoms with Crippen molar-refractivity contribution >= 4 is 22.9 Å². The largest absolute Gasteiger partial charge is 0.480 e. The van der Waals surface area contributed by atoms with Crippen LogP contribution < -0.4 is 0 Å². The summed E-state index contributed by atoms with van der Waals surface area (Å²) in [6.07, 6.45) is 1.67. The van der Waals surface area contributed by atoms with E-state index in [0.29, 0.717) is 11.3 Å². The van der Waals surface area contributed by atoms with Crippen molar-refractivity contribution in [3.8, 4) is 0 Å². The number of fused-ring (bicyclic) bond motifs is 1. The van der Waals surface area contributed by atoms with Crippen molar-refractivity contribution in [3.63, 3.8) is 0 Å². The van der Waals surface area contributed by atoms with Gasteiger partial charge in [0.05, 0.1) is 17.5 Å². The molecule has 0 aliphatic rings.